The fourth-order valence-corrected chi connectivity index (χ4v) is 2.83. The lowest BCUT2D eigenvalue weighted by atomic mass is 10.1. The van der Waals surface area contributed by atoms with Gasteiger partial charge >= 0.3 is 0 Å². The van der Waals surface area contributed by atoms with E-state index >= 15 is 0 Å². The summed E-state index contributed by atoms with van der Waals surface area (Å²) >= 11 is 6.40. The molecule has 1 aromatic carbocycles. The van der Waals surface area contributed by atoms with Crippen LogP contribution in [0.2, 0.25) is 5.02 Å². The number of hydrogen-bond acceptors (Lipinski definition) is 3. The maximum absolute atomic E-state index is 6.40. The summed E-state index contributed by atoms with van der Waals surface area (Å²) in [4.78, 5) is 4.73. The average molecular weight is 268 g/mol. The molecule has 4 heteroatoms. The number of rotatable bonds is 2. The highest BCUT2D eigenvalue weighted by atomic mass is 35.5. The zero-order valence-corrected chi connectivity index (χ0v) is 12.1. The summed E-state index contributed by atoms with van der Waals surface area (Å²) in [7, 11) is 2.16. The number of likely N-dealkylation sites (N-methyl/N-ethyl adjacent to an activating group) is 1. The Morgan fingerprint density at radius 3 is 2.67 bits per heavy atom. The first-order valence-electron chi connectivity index (χ1n) is 6.49. The van der Waals surface area contributed by atoms with Gasteiger partial charge in [0.1, 0.15) is 0 Å². The van der Waals surface area contributed by atoms with Crippen LogP contribution in [0.15, 0.2) is 18.2 Å². The van der Waals surface area contributed by atoms with Gasteiger partial charge in [-0.05, 0) is 38.6 Å². The lowest BCUT2D eigenvalue weighted by Gasteiger charge is -2.40. The molecule has 0 aromatic heterocycles. The standard InChI is InChI=1S/C14H22ClN3/c1-10-9-17(3)6-7-18(10)14-5-4-12(11(2)16)8-13(14)15/h4-5,8,10-11H,6-7,9,16H2,1-3H3/t10?,11-/m0/s1. The summed E-state index contributed by atoms with van der Waals surface area (Å²) in [5.74, 6) is 0. The first-order chi connectivity index (χ1) is 8.49. The SMILES string of the molecule is CC1CN(C)CCN1c1ccc([C@H](C)N)cc1Cl. The van der Waals surface area contributed by atoms with Gasteiger partial charge in [0.2, 0.25) is 0 Å². The molecule has 0 radical (unpaired) electrons. The van der Waals surface area contributed by atoms with Crippen LogP contribution in [0.3, 0.4) is 0 Å². The van der Waals surface area contributed by atoms with Gasteiger partial charge in [-0.1, -0.05) is 17.7 Å². The Kier molecular flexibility index (Phi) is 4.15. The summed E-state index contributed by atoms with van der Waals surface area (Å²) < 4.78 is 0. The topological polar surface area (TPSA) is 32.5 Å². The van der Waals surface area contributed by atoms with Crippen molar-refractivity contribution >= 4 is 17.3 Å². The van der Waals surface area contributed by atoms with Crippen LogP contribution in [0.25, 0.3) is 0 Å². The Morgan fingerprint density at radius 2 is 2.11 bits per heavy atom. The smallest absolute Gasteiger partial charge is 0.0643 e. The summed E-state index contributed by atoms with van der Waals surface area (Å²) in [6, 6.07) is 6.69. The van der Waals surface area contributed by atoms with Gasteiger partial charge in [0.05, 0.1) is 10.7 Å². The minimum absolute atomic E-state index is 0.0291. The Bertz CT molecular complexity index is 420. The highest BCUT2D eigenvalue weighted by Gasteiger charge is 2.23. The Labute approximate surface area is 115 Å². The van der Waals surface area contributed by atoms with Crippen molar-refractivity contribution in [2.45, 2.75) is 25.9 Å². The molecule has 2 N–H and O–H groups in total. The maximum Gasteiger partial charge on any atom is 0.0643 e. The molecule has 1 aromatic rings. The Morgan fingerprint density at radius 1 is 1.39 bits per heavy atom. The number of halogens is 1. The molecule has 0 saturated carbocycles. The average Bonchev–Trinajstić information content (AvgIpc) is 2.30. The van der Waals surface area contributed by atoms with Crippen LogP contribution < -0.4 is 10.6 Å². The van der Waals surface area contributed by atoms with E-state index in [2.05, 4.69) is 35.9 Å². The zero-order valence-electron chi connectivity index (χ0n) is 11.4. The molecule has 1 unspecified atom stereocenters. The van der Waals surface area contributed by atoms with E-state index in [1.807, 2.05) is 13.0 Å². The van der Waals surface area contributed by atoms with E-state index in [-0.39, 0.29) is 6.04 Å². The third-order valence-electron chi connectivity index (χ3n) is 3.64. The summed E-state index contributed by atoms with van der Waals surface area (Å²) in [6.07, 6.45) is 0. The van der Waals surface area contributed by atoms with Gasteiger partial charge in [0.15, 0.2) is 0 Å². The van der Waals surface area contributed by atoms with E-state index in [4.69, 9.17) is 17.3 Å². The van der Waals surface area contributed by atoms with Crippen molar-refractivity contribution in [2.75, 3.05) is 31.6 Å². The van der Waals surface area contributed by atoms with E-state index < -0.39 is 0 Å². The molecule has 2 atom stereocenters. The zero-order chi connectivity index (χ0) is 13.3. The molecule has 1 fully saturated rings. The van der Waals surface area contributed by atoms with Crippen molar-refractivity contribution in [3.05, 3.63) is 28.8 Å². The quantitative estimate of drug-likeness (QED) is 0.894. The van der Waals surface area contributed by atoms with Gasteiger partial charge < -0.3 is 15.5 Å². The molecular weight excluding hydrogens is 246 g/mol. The lowest BCUT2D eigenvalue weighted by Crippen LogP contribution is -2.50. The number of benzene rings is 1. The molecule has 0 spiro atoms. The number of anilines is 1. The van der Waals surface area contributed by atoms with Crippen molar-refractivity contribution < 1.29 is 0 Å². The number of hydrogen-bond donors (Lipinski definition) is 1. The number of piperazine rings is 1. The van der Waals surface area contributed by atoms with E-state index in [0.29, 0.717) is 6.04 Å². The van der Waals surface area contributed by atoms with Crippen LogP contribution >= 0.6 is 11.6 Å². The monoisotopic (exact) mass is 267 g/mol. The lowest BCUT2D eigenvalue weighted by molar-refractivity contribution is 0.275. The highest BCUT2D eigenvalue weighted by molar-refractivity contribution is 6.33. The van der Waals surface area contributed by atoms with Gasteiger partial charge in [-0.25, -0.2) is 0 Å². The van der Waals surface area contributed by atoms with Crippen molar-refractivity contribution in [2.24, 2.45) is 5.73 Å². The molecule has 100 valence electrons. The predicted octanol–water partition coefficient (Wildman–Crippen LogP) is 2.50. The largest absolute Gasteiger partial charge is 0.365 e. The van der Waals surface area contributed by atoms with Crippen LogP contribution in [0.4, 0.5) is 5.69 Å². The van der Waals surface area contributed by atoms with Crippen LogP contribution in [0, 0.1) is 0 Å². The molecule has 18 heavy (non-hydrogen) atoms. The van der Waals surface area contributed by atoms with E-state index in [1.165, 1.54) is 0 Å². The van der Waals surface area contributed by atoms with E-state index in [1.54, 1.807) is 0 Å². The fraction of sp³-hybridized carbons (Fsp3) is 0.571. The molecule has 3 nitrogen and oxygen atoms in total. The summed E-state index contributed by atoms with van der Waals surface area (Å²) in [6.45, 7) is 7.39. The van der Waals surface area contributed by atoms with Crippen LogP contribution in [0.1, 0.15) is 25.5 Å². The fourth-order valence-electron chi connectivity index (χ4n) is 2.54. The molecular formula is C14H22ClN3. The predicted molar refractivity (Wildman–Crippen MR) is 78.4 cm³/mol. The summed E-state index contributed by atoms with van der Waals surface area (Å²) in [5, 5.41) is 0.807. The van der Waals surface area contributed by atoms with E-state index in [0.717, 1.165) is 35.9 Å². The summed E-state index contributed by atoms with van der Waals surface area (Å²) in [5.41, 5.74) is 8.09. The van der Waals surface area contributed by atoms with Gasteiger partial charge in [-0.15, -0.1) is 0 Å². The Balaban J connectivity index is 2.23. The molecule has 1 aliphatic heterocycles. The van der Waals surface area contributed by atoms with Crippen molar-refractivity contribution in [1.29, 1.82) is 0 Å². The van der Waals surface area contributed by atoms with Crippen LogP contribution in [-0.4, -0.2) is 37.6 Å². The van der Waals surface area contributed by atoms with Gasteiger partial charge in [-0.2, -0.15) is 0 Å². The second kappa shape index (κ2) is 5.47. The van der Waals surface area contributed by atoms with Crippen molar-refractivity contribution in [3.63, 3.8) is 0 Å². The third kappa shape index (κ3) is 2.79. The minimum Gasteiger partial charge on any atom is -0.365 e. The van der Waals surface area contributed by atoms with Crippen molar-refractivity contribution in [1.82, 2.24) is 4.90 Å². The molecule has 0 amide bonds. The maximum atomic E-state index is 6.40. The second-order valence-electron chi connectivity index (χ2n) is 5.30. The molecule has 1 heterocycles. The van der Waals surface area contributed by atoms with E-state index in [9.17, 15) is 0 Å². The van der Waals surface area contributed by atoms with Gasteiger partial charge in [0, 0.05) is 31.7 Å². The minimum atomic E-state index is 0.0291. The van der Waals surface area contributed by atoms with Gasteiger partial charge in [-0.3, -0.25) is 0 Å². The molecule has 1 aliphatic rings. The van der Waals surface area contributed by atoms with Crippen LogP contribution in [0.5, 0.6) is 0 Å². The third-order valence-corrected chi connectivity index (χ3v) is 3.94. The number of nitrogens with two attached hydrogens (primary N) is 1. The molecule has 0 bridgehead atoms. The van der Waals surface area contributed by atoms with Crippen molar-refractivity contribution in [3.8, 4) is 0 Å². The second-order valence-corrected chi connectivity index (χ2v) is 5.71. The first-order valence-corrected chi connectivity index (χ1v) is 6.87. The van der Waals surface area contributed by atoms with Crippen LogP contribution in [-0.2, 0) is 0 Å². The molecule has 1 saturated heterocycles. The Hall–Kier alpha value is -0.770. The molecule has 0 aliphatic carbocycles. The van der Waals surface area contributed by atoms with Gasteiger partial charge in [0.25, 0.3) is 0 Å². The highest BCUT2D eigenvalue weighted by Crippen LogP contribution is 2.30. The first kappa shape index (κ1) is 13.7. The normalized spacial score (nSPS) is 23.2. The number of nitrogens with zero attached hydrogens (tertiary/aromatic N) is 2. The molecule has 2 rings (SSSR count).